The number of carbonyl (C=O) groups excluding carboxylic acids is 1. The van der Waals surface area contributed by atoms with Crippen LogP contribution in [0.3, 0.4) is 0 Å². The van der Waals surface area contributed by atoms with Crippen molar-refractivity contribution in [3.63, 3.8) is 0 Å². The third kappa shape index (κ3) is 3.47. The van der Waals surface area contributed by atoms with Crippen LogP contribution < -0.4 is 5.43 Å². The average Bonchev–Trinajstić information content (AvgIpc) is 2.48. The lowest BCUT2D eigenvalue weighted by Crippen LogP contribution is -2.19. The molecule has 0 saturated carbocycles. The molecule has 7 heteroatoms. The maximum absolute atomic E-state index is 12.0. The number of rotatable bonds is 4. The van der Waals surface area contributed by atoms with Gasteiger partial charge in [-0.3, -0.25) is 19.9 Å². The second-order valence-electron chi connectivity index (χ2n) is 4.16. The molecule has 0 aliphatic carbocycles. The van der Waals surface area contributed by atoms with Crippen LogP contribution in [0.4, 0.5) is 5.69 Å². The molecule has 1 heterocycles. The summed E-state index contributed by atoms with van der Waals surface area (Å²) < 4.78 is 0. The Balaban J connectivity index is 2.13. The molecular weight excluding hydrogens is 272 g/mol. The van der Waals surface area contributed by atoms with Crippen molar-refractivity contribution in [1.29, 1.82) is 0 Å². The summed E-state index contributed by atoms with van der Waals surface area (Å²) in [5, 5.41) is 14.6. The van der Waals surface area contributed by atoms with Crippen LogP contribution in [0, 0.1) is 17.0 Å². The first-order chi connectivity index (χ1) is 10.1. The Bertz CT molecular complexity index is 699. The summed E-state index contributed by atoms with van der Waals surface area (Å²) in [4.78, 5) is 26.3. The number of benzene rings is 1. The zero-order valence-electron chi connectivity index (χ0n) is 11.2. The minimum atomic E-state index is -0.525. The number of nitro groups is 1. The van der Waals surface area contributed by atoms with Crippen molar-refractivity contribution >= 4 is 17.8 Å². The molecule has 0 bridgehead atoms. The van der Waals surface area contributed by atoms with E-state index >= 15 is 0 Å². The minimum absolute atomic E-state index is 0.101. The van der Waals surface area contributed by atoms with Crippen LogP contribution in [0.1, 0.15) is 21.6 Å². The molecule has 0 unspecified atom stereocenters. The van der Waals surface area contributed by atoms with Gasteiger partial charge in [0.2, 0.25) is 0 Å². The Morgan fingerprint density at radius 1 is 1.33 bits per heavy atom. The zero-order valence-corrected chi connectivity index (χ0v) is 11.2. The summed E-state index contributed by atoms with van der Waals surface area (Å²) in [6, 6.07) is 9.61. The van der Waals surface area contributed by atoms with Crippen LogP contribution >= 0.6 is 0 Å². The summed E-state index contributed by atoms with van der Waals surface area (Å²) >= 11 is 0. The van der Waals surface area contributed by atoms with Crippen molar-refractivity contribution in [3.05, 3.63) is 69.5 Å². The van der Waals surface area contributed by atoms with Gasteiger partial charge in [-0.25, -0.2) is 5.43 Å². The molecule has 7 nitrogen and oxygen atoms in total. The fraction of sp³-hybridized carbons (Fsp3) is 0.0714. The molecule has 106 valence electrons. The third-order valence-electron chi connectivity index (χ3n) is 2.80. The van der Waals surface area contributed by atoms with Crippen molar-refractivity contribution in [2.24, 2.45) is 5.10 Å². The van der Waals surface area contributed by atoms with Gasteiger partial charge in [0.1, 0.15) is 0 Å². The topological polar surface area (TPSA) is 97.5 Å². The number of pyridine rings is 1. The molecule has 0 aliphatic heterocycles. The number of carbonyl (C=O) groups is 1. The number of amides is 1. The molecule has 0 aliphatic rings. The molecule has 0 saturated heterocycles. The predicted molar refractivity (Wildman–Crippen MR) is 77.1 cm³/mol. The number of nitro benzene ring substituents is 1. The largest absolute Gasteiger partial charge is 0.273 e. The number of hydrogen-bond acceptors (Lipinski definition) is 5. The van der Waals surface area contributed by atoms with Gasteiger partial charge in [0.25, 0.3) is 11.6 Å². The first-order valence-electron chi connectivity index (χ1n) is 6.08. The summed E-state index contributed by atoms with van der Waals surface area (Å²) in [5.41, 5.74) is 3.32. The van der Waals surface area contributed by atoms with E-state index in [1.807, 2.05) is 0 Å². The predicted octanol–water partition coefficient (Wildman–Crippen LogP) is 2.06. The van der Waals surface area contributed by atoms with Crippen LogP contribution in [0.5, 0.6) is 0 Å². The van der Waals surface area contributed by atoms with Gasteiger partial charge in [0.15, 0.2) is 0 Å². The SMILES string of the molecule is Cc1c(C(=O)N/N=C\c2ccccn2)cccc1[N+](=O)[O-]. The summed E-state index contributed by atoms with van der Waals surface area (Å²) in [6.07, 6.45) is 3.00. The quantitative estimate of drug-likeness (QED) is 0.528. The average molecular weight is 284 g/mol. The molecule has 2 rings (SSSR count). The summed E-state index contributed by atoms with van der Waals surface area (Å²) in [7, 11) is 0. The highest BCUT2D eigenvalue weighted by atomic mass is 16.6. The van der Waals surface area contributed by atoms with Gasteiger partial charge < -0.3 is 0 Å². The van der Waals surface area contributed by atoms with Crippen LogP contribution in [0.2, 0.25) is 0 Å². The first kappa shape index (κ1) is 14.3. The van der Waals surface area contributed by atoms with Gasteiger partial charge in [0.05, 0.1) is 22.4 Å². The van der Waals surface area contributed by atoms with Gasteiger partial charge in [-0.2, -0.15) is 5.10 Å². The Hall–Kier alpha value is -3.09. The van der Waals surface area contributed by atoms with E-state index < -0.39 is 10.8 Å². The Kier molecular flexibility index (Phi) is 4.35. The highest BCUT2D eigenvalue weighted by Crippen LogP contribution is 2.20. The van der Waals surface area contributed by atoms with Gasteiger partial charge >= 0.3 is 0 Å². The Morgan fingerprint density at radius 2 is 2.14 bits per heavy atom. The molecule has 0 spiro atoms. The highest BCUT2D eigenvalue weighted by molar-refractivity contribution is 5.97. The fourth-order valence-electron chi connectivity index (χ4n) is 1.74. The zero-order chi connectivity index (χ0) is 15.2. The van der Waals surface area contributed by atoms with Crippen molar-refractivity contribution in [2.45, 2.75) is 6.92 Å². The first-order valence-corrected chi connectivity index (χ1v) is 6.08. The molecule has 1 N–H and O–H groups in total. The fourth-order valence-corrected chi connectivity index (χ4v) is 1.74. The summed E-state index contributed by atoms with van der Waals surface area (Å²) in [6.45, 7) is 1.52. The smallest absolute Gasteiger partial charge is 0.267 e. The number of nitrogens with one attached hydrogen (secondary N) is 1. The molecule has 21 heavy (non-hydrogen) atoms. The van der Waals surface area contributed by atoms with Gasteiger partial charge in [-0.15, -0.1) is 0 Å². The maximum Gasteiger partial charge on any atom is 0.273 e. The Labute approximate surface area is 120 Å². The normalized spacial score (nSPS) is 10.5. The lowest BCUT2D eigenvalue weighted by Gasteiger charge is -2.04. The van der Waals surface area contributed by atoms with Gasteiger partial charge in [-0.05, 0) is 25.1 Å². The second-order valence-corrected chi connectivity index (χ2v) is 4.16. The molecule has 1 aromatic carbocycles. The van der Waals surface area contributed by atoms with E-state index in [4.69, 9.17) is 0 Å². The van der Waals surface area contributed by atoms with E-state index in [0.717, 1.165) is 0 Å². The second kappa shape index (κ2) is 6.38. The molecular formula is C14H12N4O3. The highest BCUT2D eigenvalue weighted by Gasteiger charge is 2.17. The minimum Gasteiger partial charge on any atom is -0.267 e. The van der Waals surface area contributed by atoms with Crippen LogP contribution in [-0.2, 0) is 0 Å². The van der Waals surface area contributed by atoms with E-state index in [1.165, 1.54) is 31.3 Å². The van der Waals surface area contributed by atoms with E-state index in [1.54, 1.807) is 24.4 Å². The van der Waals surface area contributed by atoms with Crippen LogP contribution in [-0.4, -0.2) is 22.0 Å². The summed E-state index contributed by atoms with van der Waals surface area (Å²) in [5.74, 6) is -0.511. The van der Waals surface area contributed by atoms with E-state index in [9.17, 15) is 14.9 Å². The monoisotopic (exact) mass is 284 g/mol. The number of nitrogens with zero attached hydrogens (tertiary/aromatic N) is 3. The lowest BCUT2D eigenvalue weighted by atomic mass is 10.1. The van der Waals surface area contributed by atoms with Crippen molar-refractivity contribution in [2.75, 3.05) is 0 Å². The van der Waals surface area contributed by atoms with Crippen molar-refractivity contribution in [3.8, 4) is 0 Å². The van der Waals surface area contributed by atoms with E-state index in [-0.39, 0.29) is 11.3 Å². The lowest BCUT2D eigenvalue weighted by molar-refractivity contribution is -0.385. The molecule has 0 radical (unpaired) electrons. The molecule has 1 aromatic heterocycles. The van der Waals surface area contributed by atoms with Crippen LogP contribution in [0.25, 0.3) is 0 Å². The molecule has 2 aromatic rings. The Morgan fingerprint density at radius 3 is 2.81 bits per heavy atom. The standard InChI is InChI=1S/C14H12N4O3/c1-10-12(6-4-7-13(10)18(20)21)14(19)17-16-9-11-5-2-3-8-15-11/h2-9H,1H3,(H,17,19)/b16-9-. The van der Waals surface area contributed by atoms with E-state index in [0.29, 0.717) is 11.3 Å². The van der Waals surface area contributed by atoms with Crippen LogP contribution in [0.15, 0.2) is 47.7 Å². The number of aromatic nitrogens is 1. The van der Waals surface area contributed by atoms with Gasteiger partial charge in [0, 0.05) is 17.8 Å². The van der Waals surface area contributed by atoms with Crippen molar-refractivity contribution in [1.82, 2.24) is 10.4 Å². The maximum atomic E-state index is 12.0. The molecule has 0 fully saturated rings. The third-order valence-corrected chi connectivity index (χ3v) is 2.80. The number of hydrazone groups is 1. The number of hydrogen-bond donors (Lipinski definition) is 1. The molecule has 0 atom stereocenters. The van der Waals surface area contributed by atoms with Gasteiger partial charge in [-0.1, -0.05) is 12.1 Å². The van der Waals surface area contributed by atoms with E-state index in [2.05, 4.69) is 15.5 Å². The molecule has 1 amide bonds. The van der Waals surface area contributed by atoms with Crippen molar-refractivity contribution < 1.29 is 9.72 Å².